The highest BCUT2D eigenvalue weighted by Gasteiger charge is 2.11. The fraction of sp³-hybridized carbons (Fsp3) is 0.208. The summed E-state index contributed by atoms with van der Waals surface area (Å²) in [5, 5.41) is 6.00. The maximum absolute atomic E-state index is 12.8. The van der Waals surface area contributed by atoms with Crippen molar-refractivity contribution in [3.63, 3.8) is 0 Å². The van der Waals surface area contributed by atoms with E-state index in [4.69, 9.17) is 0 Å². The number of nitrogens with one attached hydrogen (secondary N) is 2. The van der Waals surface area contributed by atoms with Gasteiger partial charge in [-0.25, -0.2) is 4.39 Å². The Hall–Kier alpha value is -3.14. The van der Waals surface area contributed by atoms with Gasteiger partial charge in [-0.05, 0) is 46.9 Å². The van der Waals surface area contributed by atoms with Crippen LogP contribution < -0.4 is 10.6 Å². The second kappa shape index (κ2) is 9.18. The van der Waals surface area contributed by atoms with Gasteiger partial charge in [0.05, 0.1) is 11.4 Å². The monoisotopic (exact) mass is 376 g/mol. The van der Waals surface area contributed by atoms with Crippen molar-refractivity contribution >= 4 is 17.3 Å². The van der Waals surface area contributed by atoms with Crippen molar-refractivity contribution in [1.82, 2.24) is 0 Å². The van der Waals surface area contributed by atoms with E-state index in [1.165, 1.54) is 5.56 Å². The van der Waals surface area contributed by atoms with Crippen LogP contribution >= 0.6 is 0 Å². The van der Waals surface area contributed by atoms with Crippen LogP contribution in [0.15, 0.2) is 72.8 Å². The summed E-state index contributed by atoms with van der Waals surface area (Å²) >= 11 is 0. The quantitative estimate of drug-likeness (QED) is 0.522. The molecule has 3 rings (SSSR count). The number of halogens is 1. The number of benzene rings is 3. The Morgan fingerprint density at radius 1 is 0.893 bits per heavy atom. The van der Waals surface area contributed by atoms with Crippen LogP contribution in [-0.4, -0.2) is 19.1 Å². The maximum Gasteiger partial charge on any atom is 0.255 e. The van der Waals surface area contributed by atoms with Crippen molar-refractivity contribution in [2.45, 2.75) is 19.8 Å². The summed E-state index contributed by atoms with van der Waals surface area (Å²) in [5.41, 5.74) is 5.14. The number of carbonyl (C=O) groups excluding carboxylic acids is 1. The molecule has 144 valence electrons. The molecule has 0 aliphatic heterocycles. The van der Waals surface area contributed by atoms with E-state index in [0.717, 1.165) is 11.1 Å². The lowest BCUT2D eigenvalue weighted by atomic mass is 10.0. The fourth-order valence-corrected chi connectivity index (χ4v) is 3.01. The Morgan fingerprint density at radius 3 is 2.25 bits per heavy atom. The molecule has 1 amide bonds. The molecule has 0 bridgehead atoms. The second-order valence-electron chi connectivity index (χ2n) is 6.97. The normalized spacial score (nSPS) is 10.7. The van der Waals surface area contributed by atoms with Gasteiger partial charge >= 0.3 is 0 Å². The van der Waals surface area contributed by atoms with Gasteiger partial charge in [0.2, 0.25) is 0 Å². The molecule has 4 heteroatoms. The molecule has 0 aromatic heterocycles. The molecule has 0 aliphatic rings. The van der Waals surface area contributed by atoms with E-state index in [9.17, 15) is 9.18 Å². The largest absolute Gasteiger partial charge is 0.381 e. The average Bonchev–Trinajstić information content (AvgIpc) is 2.73. The van der Waals surface area contributed by atoms with E-state index in [0.29, 0.717) is 22.9 Å². The predicted octanol–water partition coefficient (Wildman–Crippen LogP) is 6.11. The number of alkyl halides is 1. The van der Waals surface area contributed by atoms with Gasteiger partial charge in [-0.15, -0.1) is 0 Å². The summed E-state index contributed by atoms with van der Waals surface area (Å²) in [5.74, 6) is 0.222. The zero-order valence-corrected chi connectivity index (χ0v) is 16.2. The molecule has 28 heavy (non-hydrogen) atoms. The highest BCUT2D eigenvalue weighted by Crippen LogP contribution is 2.29. The minimum absolute atomic E-state index is 0.191. The molecule has 3 nitrogen and oxygen atoms in total. The van der Waals surface area contributed by atoms with Crippen LogP contribution in [0.25, 0.3) is 11.1 Å². The van der Waals surface area contributed by atoms with Gasteiger partial charge in [-0.3, -0.25) is 4.79 Å². The first-order valence-corrected chi connectivity index (χ1v) is 9.49. The van der Waals surface area contributed by atoms with E-state index in [1.54, 1.807) is 0 Å². The average molecular weight is 376 g/mol. The van der Waals surface area contributed by atoms with E-state index >= 15 is 0 Å². The second-order valence-corrected chi connectivity index (χ2v) is 6.97. The highest BCUT2D eigenvalue weighted by atomic mass is 19.1. The first kappa shape index (κ1) is 19.6. The van der Waals surface area contributed by atoms with Crippen molar-refractivity contribution in [3.05, 3.63) is 83.9 Å². The number of rotatable bonds is 7. The molecule has 0 saturated carbocycles. The lowest BCUT2D eigenvalue weighted by Crippen LogP contribution is -2.14. The Labute approximate surface area is 165 Å². The van der Waals surface area contributed by atoms with Crippen LogP contribution in [0.2, 0.25) is 0 Å². The number of amides is 1. The van der Waals surface area contributed by atoms with Gasteiger partial charge in [0.25, 0.3) is 5.91 Å². The van der Waals surface area contributed by atoms with Gasteiger partial charge in [0, 0.05) is 12.1 Å². The van der Waals surface area contributed by atoms with Crippen LogP contribution in [0.5, 0.6) is 0 Å². The van der Waals surface area contributed by atoms with Crippen molar-refractivity contribution in [3.8, 4) is 11.1 Å². The highest BCUT2D eigenvalue weighted by molar-refractivity contribution is 6.06. The Bertz CT molecular complexity index is 921. The summed E-state index contributed by atoms with van der Waals surface area (Å²) in [6, 6.07) is 23.3. The van der Waals surface area contributed by atoms with Crippen LogP contribution in [-0.2, 0) is 0 Å². The predicted molar refractivity (Wildman–Crippen MR) is 115 cm³/mol. The van der Waals surface area contributed by atoms with Gasteiger partial charge in [0.15, 0.2) is 0 Å². The molecule has 0 heterocycles. The maximum atomic E-state index is 12.8. The lowest BCUT2D eigenvalue weighted by Gasteiger charge is -2.15. The number of hydrogen-bond donors (Lipinski definition) is 2. The van der Waals surface area contributed by atoms with E-state index in [1.807, 2.05) is 72.8 Å². The molecule has 0 aliphatic carbocycles. The summed E-state index contributed by atoms with van der Waals surface area (Å²) in [7, 11) is 0. The molecular formula is C24H25FN2O. The van der Waals surface area contributed by atoms with Gasteiger partial charge in [-0.1, -0.05) is 62.4 Å². The van der Waals surface area contributed by atoms with Crippen LogP contribution in [0.4, 0.5) is 15.8 Å². The molecular weight excluding hydrogens is 351 g/mol. The van der Waals surface area contributed by atoms with Gasteiger partial charge in [0.1, 0.15) is 6.67 Å². The summed E-state index contributed by atoms with van der Waals surface area (Å²) in [6.45, 7) is 3.95. The molecule has 0 radical (unpaired) electrons. The molecule has 2 N–H and O–H groups in total. The number of carbonyl (C=O) groups is 1. The van der Waals surface area contributed by atoms with Crippen LogP contribution in [0.1, 0.15) is 35.7 Å². The van der Waals surface area contributed by atoms with Gasteiger partial charge in [-0.2, -0.15) is 0 Å². The fourth-order valence-electron chi connectivity index (χ4n) is 3.01. The summed E-state index contributed by atoms with van der Waals surface area (Å²) < 4.78 is 12.6. The third-order valence-electron chi connectivity index (χ3n) is 4.62. The molecule has 0 fully saturated rings. The molecule has 3 aromatic carbocycles. The van der Waals surface area contributed by atoms with Gasteiger partial charge < -0.3 is 10.6 Å². The third-order valence-corrected chi connectivity index (χ3v) is 4.62. The number of anilines is 2. The minimum atomic E-state index is -0.482. The zero-order chi connectivity index (χ0) is 19.9. The SMILES string of the molecule is CC(C)c1ccc(C(=O)Nc2cc(-c3ccccc3)ccc2NCCF)cc1. The Morgan fingerprint density at radius 2 is 1.61 bits per heavy atom. The van der Waals surface area contributed by atoms with Crippen molar-refractivity contribution < 1.29 is 9.18 Å². The van der Waals surface area contributed by atoms with E-state index in [2.05, 4.69) is 24.5 Å². The Kier molecular flexibility index (Phi) is 6.43. The van der Waals surface area contributed by atoms with E-state index in [-0.39, 0.29) is 12.5 Å². The first-order chi connectivity index (χ1) is 13.6. The molecule has 0 unspecified atom stereocenters. The first-order valence-electron chi connectivity index (χ1n) is 9.49. The minimum Gasteiger partial charge on any atom is -0.381 e. The third kappa shape index (κ3) is 4.77. The smallest absolute Gasteiger partial charge is 0.255 e. The van der Waals surface area contributed by atoms with Crippen LogP contribution in [0, 0.1) is 0 Å². The molecule has 0 saturated heterocycles. The number of hydrogen-bond acceptors (Lipinski definition) is 2. The van der Waals surface area contributed by atoms with Crippen molar-refractivity contribution in [2.24, 2.45) is 0 Å². The van der Waals surface area contributed by atoms with E-state index < -0.39 is 6.67 Å². The Balaban J connectivity index is 1.88. The summed E-state index contributed by atoms with van der Waals surface area (Å²) in [4.78, 5) is 12.8. The van der Waals surface area contributed by atoms with Crippen molar-refractivity contribution in [2.75, 3.05) is 23.9 Å². The molecule has 0 spiro atoms. The molecule has 0 atom stereocenters. The lowest BCUT2D eigenvalue weighted by molar-refractivity contribution is 0.102. The van der Waals surface area contributed by atoms with Crippen molar-refractivity contribution in [1.29, 1.82) is 0 Å². The summed E-state index contributed by atoms with van der Waals surface area (Å²) in [6.07, 6.45) is 0. The standard InChI is InChI=1S/C24H25FN2O/c1-17(2)18-8-10-20(11-9-18)24(28)27-23-16-21(19-6-4-3-5-7-19)12-13-22(23)26-15-14-25/h3-13,16-17,26H,14-15H2,1-2H3,(H,27,28). The molecule has 3 aromatic rings. The van der Waals surface area contributed by atoms with Crippen LogP contribution in [0.3, 0.4) is 0 Å². The zero-order valence-electron chi connectivity index (χ0n) is 16.2. The topological polar surface area (TPSA) is 41.1 Å².